The van der Waals surface area contributed by atoms with Gasteiger partial charge in [0.25, 0.3) is 0 Å². The highest BCUT2D eigenvalue weighted by Gasteiger charge is 2.06. The first kappa shape index (κ1) is 13.2. The maximum Gasteiger partial charge on any atom is 0.221 e. The summed E-state index contributed by atoms with van der Waals surface area (Å²) in [6, 6.07) is 13.6. The average molecular weight is 280 g/mol. The molecule has 1 aromatic carbocycles. The lowest BCUT2D eigenvalue weighted by Crippen LogP contribution is -2.15. The highest BCUT2D eigenvalue weighted by atomic mass is 16.1. The molecule has 0 aliphatic heterocycles. The molecule has 2 heterocycles. The van der Waals surface area contributed by atoms with Crippen molar-refractivity contribution in [1.82, 2.24) is 9.38 Å². The Morgan fingerprint density at radius 1 is 1.19 bits per heavy atom. The topological polar surface area (TPSA) is 72.4 Å². The minimum Gasteiger partial charge on any atom is -0.379 e. The van der Waals surface area contributed by atoms with E-state index in [-0.39, 0.29) is 12.3 Å². The summed E-state index contributed by atoms with van der Waals surface area (Å²) < 4.78 is 1.98. The molecule has 5 nitrogen and oxygen atoms in total. The first-order valence-electron chi connectivity index (χ1n) is 6.75. The zero-order chi connectivity index (χ0) is 14.7. The number of rotatable bonds is 5. The number of nitrogens with two attached hydrogens (primary N) is 1. The van der Waals surface area contributed by atoms with Crippen molar-refractivity contribution in [3.63, 3.8) is 0 Å². The summed E-state index contributed by atoms with van der Waals surface area (Å²) in [5.74, 6) is -0.336. The average Bonchev–Trinajstić information content (AvgIpc) is 2.88. The highest BCUT2D eigenvalue weighted by Crippen LogP contribution is 2.16. The van der Waals surface area contributed by atoms with Crippen molar-refractivity contribution in [2.75, 3.05) is 5.32 Å². The molecule has 0 spiro atoms. The summed E-state index contributed by atoms with van der Waals surface area (Å²) in [4.78, 5) is 15.6. The van der Waals surface area contributed by atoms with E-state index in [0.29, 0.717) is 6.54 Å². The predicted octanol–water partition coefficient (Wildman–Crippen LogP) is 1.97. The van der Waals surface area contributed by atoms with E-state index >= 15 is 0 Å². The Morgan fingerprint density at radius 3 is 2.81 bits per heavy atom. The number of amides is 1. The SMILES string of the molecule is NC(=O)Cc1ccccc1NCc1cn2ccccc2n1. The molecule has 0 saturated heterocycles. The Kier molecular flexibility index (Phi) is 3.55. The van der Waals surface area contributed by atoms with Crippen LogP contribution in [0.15, 0.2) is 54.9 Å². The minimum atomic E-state index is -0.336. The number of aromatic nitrogens is 2. The van der Waals surface area contributed by atoms with Gasteiger partial charge in [-0.1, -0.05) is 24.3 Å². The van der Waals surface area contributed by atoms with Crippen LogP contribution in [0.1, 0.15) is 11.3 Å². The monoisotopic (exact) mass is 280 g/mol. The number of hydrogen-bond acceptors (Lipinski definition) is 3. The maximum atomic E-state index is 11.1. The summed E-state index contributed by atoms with van der Waals surface area (Å²) in [7, 11) is 0. The highest BCUT2D eigenvalue weighted by molar-refractivity contribution is 5.78. The van der Waals surface area contributed by atoms with E-state index in [0.717, 1.165) is 22.6 Å². The zero-order valence-corrected chi connectivity index (χ0v) is 11.5. The zero-order valence-electron chi connectivity index (χ0n) is 11.5. The van der Waals surface area contributed by atoms with Gasteiger partial charge in [0.2, 0.25) is 5.91 Å². The lowest BCUT2D eigenvalue weighted by atomic mass is 10.1. The third-order valence-corrected chi connectivity index (χ3v) is 3.26. The Labute approximate surface area is 122 Å². The van der Waals surface area contributed by atoms with Gasteiger partial charge < -0.3 is 15.5 Å². The molecule has 0 saturated carbocycles. The molecule has 0 atom stereocenters. The number of nitrogens with zero attached hydrogens (tertiary/aromatic N) is 2. The van der Waals surface area contributed by atoms with E-state index in [1.165, 1.54) is 0 Å². The van der Waals surface area contributed by atoms with Gasteiger partial charge in [-0.25, -0.2) is 4.98 Å². The van der Waals surface area contributed by atoms with Gasteiger partial charge in [0.15, 0.2) is 0 Å². The van der Waals surface area contributed by atoms with Gasteiger partial charge >= 0.3 is 0 Å². The van der Waals surface area contributed by atoms with Gasteiger partial charge in [0, 0.05) is 18.1 Å². The van der Waals surface area contributed by atoms with Crippen molar-refractivity contribution in [1.29, 1.82) is 0 Å². The fourth-order valence-electron chi connectivity index (χ4n) is 2.29. The number of pyridine rings is 1. The molecule has 3 aromatic rings. The van der Waals surface area contributed by atoms with Crippen LogP contribution in [-0.4, -0.2) is 15.3 Å². The van der Waals surface area contributed by atoms with Crippen molar-refractivity contribution in [2.45, 2.75) is 13.0 Å². The van der Waals surface area contributed by atoms with Crippen LogP contribution >= 0.6 is 0 Å². The fourth-order valence-corrected chi connectivity index (χ4v) is 2.29. The Balaban J connectivity index is 1.76. The van der Waals surface area contributed by atoms with E-state index in [1.54, 1.807) is 0 Å². The van der Waals surface area contributed by atoms with Crippen molar-refractivity contribution in [3.05, 3.63) is 66.1 Å². The minimum absolute atomic E-state index is 0.230. The molecule has 3 rings (SSSR count). The molecule has 106 valence electrons. The molecule has 0 aliphatic carbocycles. The standard InChI is InChI=1S/C16H16N4O/c17-15(21)9-12-5-1-2-6-14(12)18-10-13-11-20-8-4-3-7-16(20)19-13/h1-8,11,18H,9-10H2,(H2,17,21). The van der Waals surface area contributed by atoms with Crippen LogP contribution in [0, 0.1) is 0 Å². The van der Waals surface area contributed by atoms with Gasteiger partial charge in [0.05, 0.1) is 18.7 Å². The van der Waals surface area contributed by atoms with Gasteiger partial charge in [-0.15, -0.1) is 0 Å². The number of para-hydroxylation sites is 1. The lowest BCUT2D eigenvalue weighted by Gasteiger charge is -2.09. The van der Waals surface area contributed by atoms with Crippen molar-refractivity contribution in [2.24, 2.45) is 5.73 Å². The summed E-state index contributed by atoms with van der Waals surface area (Å²) in [5.41, 5.74) is 8.93. The summed E-state index contributed by atoms with van der Waals surface area (Å²) >= 11 is 0. The molecular formula is C16H16N4O. The Morgan fingerprint density at radius 2 is 2.00 bits per heavy atom. The predicted molar refractivity (Wildman–Crippen MR) is 81.9 cm³/mol. The molecule has 0 unspecified atom stereocenters. The first-order chi connectivity index (χ1) is 10.2. The number of benzene rings is 1. The third kappa shape index (κ3) is 3.02. The molecule has 3 N–H and O–H groups in total. The Bertz CT molecular complexity index is 746. The van der Waals surface area contributed by atoms with E-state index in [1.807, 2.05) is 59.3 Å². The number of nitrogens with one attached hydrogen (secondary N) is 1. The number of anilines is 1. The lowest BCUT2D eigenvalue weighted by molar-refractivity contribution is -0.117. The summed E-state index contributed by atoms with van der Waals surface area (Å²) in [5, 5.41) is 3.31. The van der Waals surface area contributed by atoms with E-state index in [2.05, 4.69) is 10.3 Å². The first-order valence-corrected chi connectivity index (χ1v) is 6.75. The Hall–Kier alpha value is -2.82. The largest absolute Gasteiger partial charge is 0.379 e. The molecular weight excluding hydrogens is 264 g/mol. The van der Waals surface area contributed by atoms with Crippen LogP contribution < -0.4 is 11.1 Å². The molecule has 1 amide bonds. The number of imidazole rings is 1. The molecule has 0 bridgehead atoms. The number of fused-ring (bicyclic) bond motifs is 1. The fraction of sp³-hybridized carbons (Fsp3) is 0.125. The summed E-state index contributed by atoms with van der Waals surface area (Å²) in [6.07, 6.45) is 4.18. The number of carbonyl (C=O) groups is 1. The molecule has 2 aromatic heterocycles. The van der Waals surface area contributed by atoms with Crippen molar-refractivity contribution >= 4 is 17.2 Å². The normalized spacial score (nSPS) is 10.7. The maximum absolute atomic E-state index is 11.1. The third-order valence-electron chi connectivity index (χ3n) is 3.26. The second-order valence-corrected chi connectivity index (χ2v) is 4.85. The number of carbonyl (C=O) groups excluding carboxylic acids is 1. The molecule has 21 heavy (non-hydrogen) atoms. The van der Waals surface area contributed by atoms with E-state index in [4.69, 9.17) is 5.73 Å². The molecule has 5 heteroatoms. The number of primary amides is 1. The van der Waals surface area contributed by atoms with Crippen LogP contribution in [0.3, 0.4) is 0 Å². The van der Waals surface area contributed by atoms with Gasteiger partial charge in [0.1, 0.15) is 5.65 Å². The van der Waals surface area contributed by atoms with Gasteiger partial charge in [-0.3, -0.25) is 4.79 Å². The van der Waals surface area contributed by atoms with Gasteiger partial charge in [-0.2, -0.15) is 0 Å². The molecule has 0 radical (unpaired) electrons. The van der Waals surface area contributed by atoms with Crippen molar-refractivity contribution < 1.29 is 4.79 Å². The van der Waals surface area contributed by atoms with Crippen molar-refractivity contribution in [3.8, 4) is 0 Å². The molecule has 0 aliphatic rings. The van der Waals surface area contributed by atoms with Crippen LogP contribution in [0.2, 0.25) is 0 Å². The second kappa shape index (κ2) is 5.66. The summed E-state index contributed by atoms with van der Waals surface area (Å²) in [6.45, 7) is 0.595. The van der Waals surface area contributed by atoms with Crippen LogP contribution in [-0.2, 0) is 17.8 Å². The van der Waals surface area contributed by atoms with Crippen LogP contribution in [0.4, 0.5) is 5.69 Å². The smallest absolute Gasteiger partial charge is 0.221 e. The van der Waals surface area contributed by atoms with Crippen LogP contribution in [0.5, 0.6) is 0 Å². The van der Waals surface area contributed by atoms with E-state index < -0.39 is 0 Å². The van der Waals surface area contributed by atoms with Gasteiger partial charge in [-0.05, 0) is 23.8 Å². The second-order valence-electron chi connectivity index (χ2n) is 4.85. The van der Waals surface area contributed by atoms with E-state index in [9.17, 15) is 4.79 Å². The number of hydrogen-bond donors (Lipinski definition) is 2. The molecule has 0 fully saturated rings. The van der Waals surface area contributed by atoms with Crippen LogP contribution in [0.25, 0.3) is 5.65 Å². The quantitative estimate of drug-likeness (QED) is 0.750.